The molecule has 2 aliphatic rings. The van der Waals surface area contributed by atoms with Gasteiger partial charge in [-0.1, -0.05) is 18.2 Å². The fourth-order valence-electron chi connectivity index (χ4n) is 4.56. The summed E-state index contributed by atoms with van der Waals surface area (Å²) in [6, 6.07) is 9.78. The Kier molecular flexibility index (Phi) is 7.22. The number of aromatic nitrogens is 2. The summed E-state index contributed by atoms with van der Waals surface area (Å²) in [4.78, 5) is 33.8. The number of imidazole rings is 1. The number of nitrogens with zero attached hydrogens (tertiary/aromatic N) is 4. The lowest BCUT2D eigenvalue weighted by Gasteiger charge is -2.39. The molecule has 166 valence electrons. The zero-order valence-electron chi connectivity index (χ0n) is 18.1. The number of rotatable bonds is 7. The van der Waals surface area contributed by atoms with Crippen LogP contribution in [0.25, 0.3) is 0 Å². The van der Waals surface area contributed by atoms with Gasteiger partial charge in [-0.05, 0) is 31.4 Å². The van der Waals surface area contributed by atoms with E-state index in [4.69, 9.17) is 4.74 Å². The zero-order chi connectivity index (χ0) is 21.5. The average Bonchev–Trinajstić information content (AvgIpc) is 3.33. The number of para-hydroxylation sites is 1. The van der Waals surface area contributed by atoms with E-state index in [-0.39, 0.29) is 23.8 Å². The summed E-state index contributed by atoms with van der Waals surface area (Å²) < 4.78 is 8.20. The van der Waals surface area contributed by atoms with Crippen LogP contribution in [0.1, 0.15) is 38.5 Å². The lowest BCUT2D eigenvalue weighted by molar-refractivity contribution is -0.139. The third-order valence-corrected chi connectivity index (χ3v) is 6.34. The fourth-order valence-corrected chi connectivity index (χ4v) is 4.56. The quantitative estimate of drug-likeness (QED) is 0.685. The zero-order valence-corrected chi connectivity index (χ0v) is 18.1. The molecule has 1 aromatic heterocycles. The molecule has 7 nitrogen and oxygen atoms in total. The lowest BCUT2D eigenvalue weighted by Crippen LogP contribution is -2.50. The van der Waals surface area contributed by atoms with Gasteiger partial charge in [0.2, 0.25) is 11.8 Å². The summed E-state index contributed by atoms with van der Waals surface area (Å²) in [6.45, 7) is 3.55. The molecule has 0 radical (unpaired) electrons. The number of amides is 2. The van der Waals surface area contributed by atoms with E-state index in [1.54, 1.807) is 12.5 Å². The van der Waals surface area contributed by atoms with Crippen molar-refractivity contribution in [1.29, 1.82) is 0 Å². The Morgan fingerprint density at radius 2 is 1.81 bits per heavy atom. The van der Waals surface area contributed by atoms with Crippen LogP contribution in [0.15, 0.2) is 49.1 Å². The van der Waals surface area contributed by atoms with Gasteiger partial charge in [-0.2, -0.15) is 0 Å². The van der Waals surface area contributed by atoms with Gasteiger partial charge in [-0.15, -0.1) is 0 Å². The van der Waals surface area contributed by atoms with Crippen LogP contribution in [0.2, 0.25) is 0 Å². The Morgan fingerprint density at radius 1 is 1.00 bits per heavy atom. The number of hydrogen-bond acceptors (Lipinski definition) is 4. The second-order valence-electron chi connectivity index (χ2n) is 8.55. The van der Waals surface area contributed by atoms with Crippen molar-refractivity contribution in [1.82, 2.24) is 19.4 Å². The van der Waals surface area contributed by atoms with Crippen LogP contribution in [0.3, 0.4) is 0 Å². The summed E-state index contributed by atoms with van der Waals surface area (Å²) >= 11 is 0. The van der Waals surface area contributed by atoms with Crippen LogP contribution in [0.5, 0.6) is 5.75 Å². The maximum atomic E-state index is 13.0. The molecular formula is C24H32N4O3. The van der Waals surface area contributed by atoms with Crippen molar-refractivity contribution in [2.45, 2.75) is 51.2 Å². The van der Waals surface area contributed by atoms with Crippen molar-refractivity contribution in [3.63, 3.8) is 0 Å². The number of ether oxygens (including phenoxy) is 1. The molecule has 2 aliphatic heterocycles. The number of aryl methyl sites for hydroxylation is 1. The minimum atomic E-state index is -0.0613. The third-order valence-electron chi connectivity index (χ3n) is 6.34. The first-order valence-corrected chi connectivity index (χ1v) is 11.4. The first kappa shape index (κ1) is 21.4. The van der Waals surface area contributed by atoms with E-state index in [0.717, 1.165) is 38.1 Å². The Labute approximate surface area is 184 Å². The number of hydrogen-bond donors (Lipinski definition) is 0. The molecule has 2 atom stereocenters. The van der Waals surface area contributed by atoms with E-state index in [9.17, 15) is 9.59 Å². The van der Waals surface area contributed by atoms with Crippen molar-refractivity contribution in [2.75, 3.05) is 26.2 Å². The number of piperidine rings is 2. The summed E-state index contributed by atoms with van der Waals surface area (Å²) in [5.74, 6) is 1.14. The SMILES string of the molecule is O=C(C[C@H]1CN(C(=O)CCn2ccnc2)CC[C@@H]1Oc1ccccc1)N1CCCCC1. The van der Waals surface area contributed by atoms with Crippen molar-refractivity contribution < 1.29 is 14.3 Å². The van der Waals surface area contributed by atoms with E-state index in [0.29, 0.717) is 32.5 Å². The van der Waals surface area contributed by atoms with Crippen LogP contribution in [0.4, 0.5) is 0 Å². The second-order valence-corrected chi connectivity index (χ2v) is 8.55. The van der Waals surface area contributed by atoms with Gasteiger partial charge in [0.1, 0.15) is 11.9 Å². The predicted molar refractivity (Wildman–Crippen MR) is 117 cm³/mol. The molecule has 0 bridgehead atoms. The van der Waals surface area contributed by atoms with Gasteiger partial charge in [-0.25, -0.2) is 4.98 Å². The van der Waals surface area contributed by atoms with Gasteiger partial charge in [0.05, 0.1) is 6.33 Å². The highest BCUT2D eigenvalue weighted by Crippen LogP contribution is 2.27. The molecule has 0 saturated carbocycles. The van der Waals surface area contributed by atoms with Gasteiger partial charge in [0.25, 0.3) is 0 Å². The first-order valence-electron chi connectivity index (χ1n) is 11.4. The monoisotopic (exact) mass is 424 g/mol. The smallest absolute Gasteiger partial charge is 0.224 e. The highest BCUT2D eigenvalue weighted by Gasteiger charge is 2.35. The molecule has 4 rings (SSSR count). The molecule has 3 heterocycles. The molecule has 1 aromatic carbocycles. The molecule has 0 spiro atoms. The van der Waals surface area contributed by atoms with Crippen molar-refractivity contribution >= 4 is 11.8 Å². The van der Waals surface area contributed by atoms with Crippen LogP contribution in [-0.2, 0) is 16.1 Å². The van der Waals surface area contributed by atoms with Gasteiger partial charge >= 0.3 is 0 Å². The van der Waals surface area contributed by atoms with E-state index in [1.807, 2.05) is 50.9 Å². The number of carbonyl (C=O) groups is 2. The molecule has 2 fully saturated rings. The van der Waals surface area contributed by atoms with Gasteiger partial charge < -0.3 is 19.1 Å². The first-order chi connectivity index (χ1) is 15.2. The van der Waals surface area contributed by atoms with E-state index >= 15 is 0 Å². The highest BCUT2D eigenvalue weighted by atomic mass is 16.5. The highest BCUT2D eigenvalue weighted by molar-refractivity contribution is 5.78. The van der Waals surface area contributed by atoms with Crippen molar-refractivity contribution in [3.05, 3.63) is 49.1 Å². The lowest BCUT2D eigenvalue weighted by atomic mass is 9.90. The maximum Gasteiger partial charge on any atom is 0.224 e. The van der Waals surface area contributed by atoms with Crippen molar-refractivity contribution in [3.8, 4) is 5.75 Å². The number of likely N-dealkylation sites (tertiary alicyclic amines) is 2. The molecule has 2 aromatic rings. The van der Waals surface area contributed by atoms with E-state index in [2.05, 4.69) is 4.98 Å². The van der Waals surface area contributed by atoms with Gasteiger partial charge in [-0.3, -0.25) is 9.59 Å². The number of carbonyl (C=O) groups excluding carboxylic acids is 2. The fraction of sp³-hybridized carbons (Fsp3) is 0.542. The largest absolute Gasteiger partial charge is 0.490 e. The van der Waals surface area contributed by atoms with Gasteiger partial charge in [0, 0.05) is 70.3 Å². The molecule has 0 N–H and O–H groups in total. The standard InChI is InChI=1S/C24H32N4O3/c29-23(10-14-26-16-11-25-19-26)28-15-9-22(31-21-7-3-1-4-8-21)20(18-28)17-24(30)27-12-5-2-6-13-27/h1,3-4,7-8,11,16,19-20,22H,2,5-6,9-10,12-15,17-18H2/t20-,22-/m0/s1. The van der Waals surface area contributed by atoms with Gasteiger partial charge in [0.15, 0.2) is 0 Å². The van der Waals surface area contributed by atoms with Crippen LogP contribution in [0, 0.1) is 5.92 Å². The molecule has 31 heavy (non-hydrogen) atoms. The Balaban J connectivity index is 1.39. The summed E-state index contributed by atoms with van der Waals surface area (Å²) in [5, 5.41) is 0. The molecular weight excluding hydrogens is 392 g/mol. The van der Waals surface area contributed by atoms with Crippen LogP contribution in [-0.4, -0.2) is 63.4 Å². The maximum absolute atomic E-state index is 13.0. The summed E-state index contributed by atoms with van der Waals surface area (Å²) in [7, 11) is 0. The topological polar surface area (TPSA) is 67.7 Å². The number of benzene rings is 1. The van der Waals surface area contributed by atoms with Crippen LogP contribution >= 0.6 is 0 Å². The summed E-state index contributed by atoms with van der Waals surface area (Å²) in [5.41, 5.74) is 0. The van der Waals surface area contributed by atoms with Crippen LogP contribution < -0.4 is 4.74 Å². The molecule has 2 amide bonds. The molecule has 7 heteroatoms. The Bertz CT molecular complexity index is 834. The minimum Gasteiger partial charge on any atom is -0.490 e. The molecule has 0 aliphatic carbocycles. The molecule has 0 unspecified atom stereocenters. The predicted octanol–water partition coefficient (Wildman–Crippen LogP) is 2.97. The third kappa shape index (κ3) is 5.87. The summed E-state index contributed by atoms with van der Waals surface area (Å²) in [6.07, 6.45) is 10.2. The van der Waals surface area contributed by atoms with E-state index in [1.165, 1.54) is 6.42 Å². The Hall–Kier alpha value is -2.83. The molecule has 2 saturated heterocycles. The Morgan fingerprint density at radius 3 is 2.55 bits per heavy atom. The normalized spacial score (nSPS) is 21.7. The average molecular weight is 425 g/mol. The second kappa shape index (κ2) is 10.5. The van der Waals surface area contributed by atoms with E-state index < -0.39 is 0 Å². The van der Waals surface area contributed by atoms with Crippen molar-refractivity contribution in [2.24, 2.45) is 5.92 Å². The minimum absolute atomic E-state index is 0.000535.